The third kappa shape index (κ3) is 32.4. The summed E-state index contributed by atoms with van der Waals surface area (Å²) in [6, 6.07) is -19.6. The first-order valence-electron chi connectivity index (χ1n) is 29.3. The summed E-state index contributed by atoms with van der Waals surface area (Å²) >= 11 is 0. The van der Waals surface area contributed by atoms with Gasteiger partial charge < -0.3 is 123 Å². The van der Waals surface area contributed by atoms with Crippen LogP contribution in [0, 0.1) is 17.2 Å². The fraction of sp³-hybridized carbons (Fsp3) is 0.660. The zero-order valence-corrected chi connectivity index (χ0v) is 52.6. The molecule has 0 saturated carbocycles. The van der Waals surface area contributed by atoms with Crippen molar-refractivity contribution in [3.8, 4) is 0 Å². The van der Waals surface area contributed by atoms with Gasteiger partial charge in [-0.3, -0.25) is 82.1 Å². The minimum Gasteiger partial charge on any atom is -0.481 e. The summed E-state index contributed by atoms with van der Waals surface area (Å²) in [6.07, 6.45) is -9.04. The molecule has 0 rings (SSSR count). The predicted molar refractivity (Wildman–Crippen MR) is 322 cm³/mol. The standard InChI is InChI=1S/C53H90N18O23/c1-7-22(4)40(50(91)67-29(17-34(56)77)46(87)63-27(12-15-36(79)80)45(86)71-41(24(6)74)51(92)68-31(20-72)47(88)65-28(52(93)94)11-14-33(55)76)70-49(90)39(21(2)3)69-44(85)26(10-13-32(54)75)62-35(78)19-61-42(83)30(18-37(81)82)66-43(84)25(9-8-16-60-53(58)59)64-48(89)38(57)23(5)73/h21-31,38-41,72-74H,7-20,57H2,1-6H3,(H2,54,75)(H2,55,76)(H2,56,77)(H,61,83)(H,62,78)(H,63,87)(H,64,89)(H,65,88)(H,66,84)(H,67,91)(H,68,92)(H,69,85)(H,70,90)(H,71,86)(H,79,80)(H,81,82)(H,93,94)(H4,58,59,60)/t22-,23+,24+,25-,26-,27-,28-,29-,30-,31-,38-,39-,40-,41-/m0/s1. The second-order valence-electron chi connectivity index (χ2n) is 22.0. The zero-order chi connectivity index (χ0) is 72.4. The number of nitrogens with two attached hydrogens (primary N) is 5. The van der Waals surface area contributed by atoms with Gasteiger partial charge in [-0.25, -0.2) is 4.79 Å². The molecule has 0 saturated heterocycles. The van der Waals surface area contributed by atoms with Crippen LogP contribution in [-0.2, 0) is 81.5 Å². The second kappa shape index (κ2) is 42.3. The number of rotatable bonds is 46. The van der Waals surface area contributed by atoms with Crippen LogP contribution in [0.15, 0.2) is 0 Å². The maximum absolute atomic E-state index is 14.2. The van der Waals surface area contributed by atoms with Crippen LogP contribution in [0.4, 0.5) is 0 Å². The highest BCUT2D eigenvalue weighted by Gasteiger charge is 2.39. The average Bonchev–Trinajstić information content (AvgIpc) is 0.922. The van der Waals surface area contributed by atoms with Gasteiger partial charge >= 0.3 is 17.9 Å². The van der Waals surface area contributed by atoms with Crippen molar-refractivity contribution in [2.24, 2.45) is 40.5 Å². The molecule has 0 aliphatic rings. The van der Waals surface area contributed by atoms with E-state index in [9.17, 15) is 112 Å². The molecule has 0 radical (unpaired) electrons. The number of aliphatic carboxylic acids is 3. The van der Waals surface area contributed by atoms with Crippen LogP contribution in [0.1, 0.15) is 112 Å². The molecule has 0 aromatic rings. The van der Waals surface area contributed by atoms with Crippen molar-refractivity contribution in [3.05, 3.63) is 0 Å². The maximum atomic E-state index is 14.2. The highest BCUT2D eigenvalue weighted by molar-refractivity contribution is 6.00. The van der Waals surface area contributed by atoms with Crippen molar-refractivity contribution in [1.82, 2.24) is 63.8 Å². The Bertz CT molecular complexity index is 2730. The molecule has 0 aromatic heterocycles. The average molecular weight is 1350 g/mol. The lowest BCUT2D eigenvalue weighted by Gasteiger charge is -2.30. The van der Waals surface area contributed by atoms with Gasteiger partial charge in [-0.1, -0.05) is 34.1 Å². The molecule has 41 heteroatoms. The largest absolute Gasteiger partial charge is 0.481 e. The molecule has 0 heterocycles. The highest BCUT2D eigenvalue weighted by Crippen LogP contribution is 2.13. The number of aliphatic hydroxyl groups is 3. The zero-order valence-electron chi connectivity index (χ0n) is 52.6. The molecule has 0 aliphatic carbocycles. The van der Waals surface area contributed by atoms with E-state index in [0.717, 1.165) is 6.92 Å². The van der Waals surface area contributed by atoms with Crippen molar-refractivity contribution in [3.63, 3.8) is 0 Å². The van der Waals surface area contributed by atoms with E-state index in [1.807, 2.05) is 10.6 Å². The van der Waals surface area contributed by atoms with Gasteiger partial charge in [0.15, 0.2) is 5.96 Å². The molecule has 0 spiro atoms. The van der Waals surface area contributed by atoms with Gasteiger partial charge in [0.2, 0.25) is 82.7 Å². The van der Waals surface area contributed by atoms with Crippen molar-refractivity contribution >= 4 is 107 Å². The lowest BCUT2D eigenvalue weighted by molar-refractivity contribution is -0.143. The monoisotopic (exact) mass is 1350 g/mol. The number of hydrogen-bond donors (Lipinski definition) is 24. The van der Waals surface area contributed by atoms with E-state index >= 15 is 0 Å². The molecular formula is C53H90N18O23. The van der Waals surface area contributed by atoms with E-state index in [4.69, 9.17) is 34.1 Å². The van der Waals surface area contributed by atoms with Crippen molar-refractivity contribution in [2.75, 3.05) is 19.7 Å². The number of carboxylic acids is 3. The molecule has 0 bridgehead atoms. The van der Waals surface area contributed by atoms with E-state index in [1.165, 1.54) is 27.7 Å². The van der Waals surface area contributed by atoms with E-state index in [0.29, 0.717) is 0 Å². The number of carbonyl (C=O) groups is 17. The summed E-state index contributed by atoms with van der Waals surface area (Å²) in [7, 11) is 0. The highest BCUT2D eigenvalue weighted by atomic mass is 16.4. The Morgan fingerprint density at radius 3 is 1.32 bits per heavy atom. The Morgan fingerprint density at radius 2 is 0.840 bits per heavy atom. The maximum Gasteiger partial charge on any atom is 0.326 e. The number of carbonyl (C=O) groups excluding carboxylic acids is 14. The van der Waals surface area contributed by atoms with Gasteiger partial charge in [0.25, 0.3) is 0 Å². The first-order chi connectivity index (χ1) is 43.7. The number of hydrogen-bond acceptors (Lipinski definition) is 22. The van der Waals surface area contributed by atoms with Crippen LogP contribution >= 0.6 is 0 Å². The number of nitrogens with one attached hydrogen (secondary N) is 13. The van der Waals surface area contributed by atoms with Crippen LogP contribution in [0.2, 0.25) is 0 Å². The van der Waals surface area contributed by atoms with E-state index in [1.54, 1.807) is 6.92 Å². The minimum absolute atomic E-state index is 0.0226. The predicted octanol–water partition coefficient (Wildman–Crippen LogP) is -11.2. The van der Waals surface area contributed by atoms with Gasteiger partial charge in [-0.15, -0.1) is 0 Å². The van der Waals surface area contributed by atoms with Crippen LogP contribution in [0.3, 0.4) is 0 Å². The molecule has 14 atom stereocenters. The number of carboxylic acid groups (broad SMARTS) is 3. The smallest absolute Gasteiger partial charge is 0.326 e. The quantitative estimate of drug-likeness (QED) is 0.0153. The molecular weight excluding hydrogens is 1260 g/mol. The van der Waals surface area contributed by atoms with Crippen LogP contribution in [0.25, 0.3) is 0 Å². The third-order valence-corrected chi connectivity index (χ3v) is 13.7. The first kappa shape index (κ1) is 84.1. The number of primary amides is 3. The van der Waals surface area contributed by atoms with Gasteiger partial charge in [-0.05, 0) is 57.8 Å². The minimum atomic E-state index is -2.06. The summed E-state index contributed by atoms with van der Waals surface area (Å²) in [6.45, 7) is 5.90. The Morgan fingerprint density at radius 1 is 0.426 bits per heavy atom. The molecule has 14 amide bonds. The fourth-order valence-electron chi connectivity index (χ4n) is 8.18. The number of amides is 14. The topological polar surface area (TPSA) is 710 Å². The second-order valence-corrected chi connectivity index (χ2v) is 22.0. The molecule has 94 heavy (non-hydrogen) atoms. The first-order valence-corrected chi connectivity index (χ1v) is 29.3. The number of aliphatic hydroxyl groups excluding tert-OH is 3. The SMILES string of the molecule is CC[C@H](C)[C@H](NC(=O)[C@@H](NC(=O)[C@H](CCC(N)=O)NC(=O)CNC(=O)[C@H](CC(=O)O)NC(=O)[C@H](CCCNC(=N)N)NC(=O)[C@@H](N)[C@@H](C)O)C(C)C)C(=O)N[C@@H](CC(N)=O)C(=O)N[C@@H](CCC(=O)O)C(=O)N[C@H](C(=O)N[C@@H](CO)C(=O)N[C@@H](CCC(N)=O)C(=O)O)[C@@H](C)O. The van der Waals surface area contributed by atoms with Gasteiger partial charge in [0.05, 0.1) is 38.2 Å². The van der Waals surface area contributed by atoms with Gasteiger partial charge in [-0.2, -0.15) is 0 Å². The van der Waals surface area contributed by atoms with Crippen molar-refractivity contribution in [2.45, 2.75) is 191 Å². The van der Waals surface area contributed by atoms with Crippen molar-refractivity contribution in [1.29, 1.82) is 5.41 Å². The lowest BCUT2D eigenvalue weighted by atomic mass is 9.95. The summed E-state index contributed by atoms with van der Waals surface area (Å²) in [4.78, 5) is 220. The molecule has 0 aromatic carbocycles. The van der Waals surface area contributed by atoms with E-state index < -0.39 is 262 Å². The molecule has 0 fully saturated rings. The Balaban J connectivity index is 6.69. The Hall–Kier alpha value is -9.90. The molecule has 0 unspecified atom stereocenters. The van der Waals surface area contributed by atoms with Gasteiger partial charge in [0, 0.05) is 25.8 Å². The third-order valence-electron chi connectivity index (χ3n) is 13.7. The van der Waals surface area contributed by atoms with E-state index in [2.05, 4.69) is 53.2 Å². The van der Waals surface area contributed by atoms with E-state index in [-0.39, 0.29) is 25.8 Å². The normalized spacial score (nSPS) is 15.4. The summed E-state index contributed by atoms with van der Waals surface area (Å²) in [5.41, 5.74) is 26.8. The van der Waals surface area contributed by atoms with Crippen molar-refractivity contribution < 1.29 is 112 Å². The Labute approximate surface area is 537 Å². The van der Waals surface area contributed by atoms with Gasteiger partial charge in [0.1, 0.15) is 66.5 Å². The van der Waals surface area contributed by atoms with Crippen LogP contribution < -0.4 is 92.5 Å². The number of guanidine groups is 1. The molecule has 530 valence electrons. The Kier molecular flexibility index (Phi) is 37.8. The lowest BCUT2D eigenvalue weighted by Crippen LogP contribution is -2.62. The fourth-order valence-corrected chi connectivity index (χ4v) is 8.18. The van der Waals surface area contributed by atoms with Crippen LogP contribution in [-0.4, -0.2) is 236 Å². The molecule has 0 aliphatic heterocycles. The molecule has 41 nitrogen and oxygen atoms in total. The summed E-state index contributed by atoms with van der Waals surface area (Å²) in [5.74, 6) is -23.4. The van der Waals surface area contributed by atoms with Crippen LogP contribution in [0.5, 0.6) is 0 Å². The summed E-state index contributed by atoms with van der Waals surface area (Å²) in [5, 5.41) is 92.6. The molecule has 29 N–H and O–H groups in total. The summed E-state index contributed by atoms with van der Waals surface area (Å²) < 4.78 is 0.